The quantitative estimate of drug-likeness (QED) is 0.727. The molecule has 2 rings (SSSR count). The molecule has 2 heteroatoms. The van der Waals surface area contributed by atoms with Gasteiger partial charge < -0.3 is 0 Å². The van der Waals surface area contributed by atoms with Gasteiger partial charge in [0.05, 0.1) is 0 Å². The standard InChI is InChI=1S/C17H17FO/c1-13-5-9-15(10-6-13)17(19)4-2-3-14-7-11-16(18)12-8-14/h5-12H,2-4H2,1H3. The Hall–Kier alpha value is -1.96. The average molecular weight is 256 g/mol. The zero-order valence-electron chi connectivity index (χ0n) is 11.0. The van der Waals surface area contributed by atoms with E-state index >= 15 is 0 Å². The number of hydrogen-bond acceptors (Lipinski definition) is 1. The van der Waals surface area contributed by atoms with E-state index in [0.29, 0.717) is 6.42 Å². The van der Waals surface area contributed by atoms with Crippen LogP contribution in [0.1, 0.15) is 34.3 Å². The molecule has 0 aliphatic rings. The molecule has 0 radical (unpaired) electrons. The minimum atomic E-state index is -0.223. The molecular weight excluding hydrogens is 239 g/mol. The van der Waals surface area contributed by atoms with Crippen LogP contribution in [0.3, 0.4) is 0 Å². The van der Waals surface area contributed by atoms with E-state index in [-0.39, 0.29) is 11.6 Å². The van der Waals surface area contributed by atoms with Crippen molar-refractivity contribution in [2.75, 3.05) is 0 Å². The fraction of sp³-hybridized carbons (Fsp3) is 0.235. The molecule has 0 amide bonds. The van der Waals surface area contributed by atoms with E-state index in [2.05, 4.69) is 0 Å². The fourth-order valence-electron chi connectivity index (χ4n) is 1.99. The molecule has 2 aromatic carbocycles. The van der Waals surface area contributed by atoms with E-state index in [1.54, 1.807) is 12.1 Å². The summed E-state index contributed by atoms with van der Waals surface area (Å²) in [6.07, 6.45) is 2.12. The molecular formula is C17H17FO. The van der Waals surface area contributed by atoms with Crippen molar-refractivity contribution in [1.82, 2.24) is 0 Å². The van der Waals surface area contributed by atoms with Gasteiger partial charge in [-0.05, 0) is 37.5 Å². The number of carbonyl (C=O) groups is 1. The van der Waals surface area contributed by atoms with Crippen molar-refractivity contribution < 1.29 is 9.18 Å². The molecule has 0 unspecified atom stereocenters. The minimum Gasteiger partial charge on any atom is -0.294 e. The number of rotatable bonds is 5. The number of benzene rings is 2. The van der Waals surface area contributed by atoms with Gasteiger partial charge in [-0.1, -0.05) is 42.0 Å². The Bertz CT molecular complexity index is 540. The van der Waals surface area contributed by atoms with Crippen LogP contribution in [-0.2, 0) is 6.42 Å². The second kappa shape index (κ2) is 6.28. The molecule has 0 N–H and O–H groups in total. The first-order valence-electron chi connectivity index (χ1n) is 6.49. The van der Waals surface area contributed by atoms with Crippen LogP contribution in [0.15, 0.2) is 48.5 Å². The predicted molar refractivity (Wildman–Crippen MR) is 74.8 cm³/mol. The summed E-state index contributed by atoms with van der Waals surface area (Å²) in [6.45, 7) is 2.00. The van der Waals surface area contributed by atoms with Crippen LogP contribution in [-0.4, -0.2) is 5.78 Å². The Morgan fingerprint density at radius 3 is 2.26 bits per heavy atom. The van der Waals surface area contributed by atoms with Crippen molar-refractivity contribution in [2.24, 2.45) is 0 Å². The molecule has 0 aliphatic carbocycles. The van der Waals surface area contributed by atoms with E-state index in [0.717, 1.165) is 29.5 Å². The van der Waals surface area contributed by atoms with Crippen LogP contribution in [0, 0.1) is 12.7 Å². The van der Waals surface area contributed by atoms with Gasteiger partial charge in [-0.2, -0.15) is 0 Å². The van der Waals surface area contributed by atoms with Crippen LogP contribution in [0.5, 0.6) is 0 Å². The highest BCUT2D eigenvalue weighted by atomic mass is 19.1. The number of Topliss-reactive ketones (excluding diaryl/α,β-unsaturated/α-hetero) is 1. The third kappa shape index (κ3) is 4.02. The van der Waals surface area contributed by atoms with E-state index in [9.17, 15) is 9.18 Å². The van der Waals surface area contributed by atoms with Gasteiger partial charge in [-0.25, -0.2) is 4.39 Å². The number of hydrogen-bond donors (Lipinski definition) is 0. The van der Waals surface area contributed by atoms with Crippen LogP contribution in [0.25, 0.3) is 0 Å². The van der Waals surface area contributed by atoms with E-state index in [4.69, 9.17) is 0 Å². The zero-order valence-corrected chi connectivity index (χ0v) is 11.0. The Labute approximate surface area is 113 Å². The number of carbonyl (C=O) groups excluding carboxylic acids is 1. The van der Waals surface area contributed by atoms with Crippen LogP contribution in [0.4, 0.5) is 4.39 Å². The molecule has 0 heterocycles. The second-order valence-corrected chi connectivity index (χ2v) is 4.77. The van der Waals surface area contributed by atoms with Crippen molar-refractivity contribution in [1.29, 1.82) is 0 Å². The molecule has 2 aromatic rings. The van der Waals surface area contributed by atoms with Gasteiger partial charge in [0, 0.05) is 12.0 Å². The summed E-state index contributed by atoms with van der Waals surface area (Å²) >= 11 is 0. The van der Waals surface area contributed by atoms with Crippen LogP contribution < -0.4 is 0 Å². The van der Waals surface area contributed by atoms with Gasteiger partial charge in [0.2, 0.25) is 0 Å². The first-order chi connectivity index (χ1) is 9.15. The van der Waals surface area contributed by atoms with Gasteiger partial charge in [-0.3, -0.25) is 4.79 Å². The number of halogens is 1. The van der Waals surface area contributed by atoms with E-state index in [1.807, 2.05) is 31.2 Å². The molecule has 0 aromatic heterocycles. The Kier molecular flexibility index (Phi) is 4.45. The summed E-state index contributed by atoms with van der Waals surface area (Å²) in [6, 6.07) is 14.1. The molecule has 0 atom stereocenters. The summed E-state index contributed by atoms with van der Waals surface area (Å²) in [7, 11) is 0. The summed E-state index contributed by atoms with van der Waals surface area (Å²) in [5.74, 6) is -0.0541. The summed E-state index contributed by atoms with van der Waals surface area (Å²) in [5.41, 5.74) is 2.99. The Morgan fingerprint density at radius 2 is 1.63 bits per heavy atom. The Morgan fingerprint density at radius 1 is 1.00 bits per heavy atom. The summed E-state index contributed by atoms with van der Waals surface area (Å²) in [5, 5.41) is 0. The number of aryl methyl sites for hydroxylation is 2. The zero-order chi connectivity index (χ0) is 13.7. The predicted octanol–water partition coefficient (Wildman–Crippen LogP) is 4.34. The average Bonchev–Trinajstić information content (AvgIpc) is 2.41. The lowest BCUT2D eigenvalue weighted by Crippen LogP contribution is -2.00. The molecule has 98 valence electrons. The van der Waals surface area contributed by atoms with Gasteiger partial charge >= 0.3 is 0 Å². The summed E-state index contributed by atoms with van der Waals surface area (Å²) in [4.78, 5) is 11.9. The Balaban J connectivity index is 1.84. The smallest absolute Gasteiger partial charge is 0.162 e. The van der Waals surface area contributed by atoms with Gasteiger partial charge in [0.25, 0.3) is 0 Å². The third-order valence-corrected chi connectivity index (χ3v) is 3.16. The first kappa shape index (κ1) is 13.5. The highest BCUT2D eigenvalue weighted by molar-refractivity contribution is 5.96. The van der Waals surface area contributed by atoms with Crippen molar-refractivity contribution in [2.45, 2.75) is 26.2 Å². The fourth-order valence-corrected chi connectivity index (χ4v) is 1.99. The lowest BCUT2D eigenvalue weighted by Gasteiger charge is -2.03. The molecule has 0 saturated carbocycles. The first-order valence-corrected chi connectivity index (χ1v) is 6.49. The maximum absolute atomic E-state index is 12.7. The van der Waals surface area contributed by atoms with E-state index < -0.39 is 0 Å². The van der Waals surface area contributed by atoms with Crippen molar-refractivity contribution >= 4 is 5.78 Å². The monoisotopic (exact) mass is 256 g/mol. The normalized spacial score (nSPS) is 10.4. The van der Waals surface area contributed by atoms with Crippen LogP contribution >= 0.6 is 0 Å². The number of ketones is 1. The van der Waals surface area contributed by atoms with Gasteiger partial charge in [0.15, 0.2) is 5.78 Å². The minimum absolute atomic E-state index is 0.169. The van der Waals surface area contributed by atoms with E-state index in [1.165, 1.54) is 12.1 Å². The highest BCUT2D eigenvalue weighted by Gasteiger charge is 2.05. The highest BCUT2D eigenvalue weighted by Crippen LogP contribution is 2.11. The lowest BCUT2D eigenvalue weighted by atomic mass is 10.0. The van der Waals surface area contributed by atoms with Crippen LogP contribution in [0.2, 0.25) is 0 Å². The maximum Gasteiger partial charge on any atom is 0.162 e. The molecule has 0 bridgehead atoms. The maximum atomic E-state index is 12.7. The molecule has 19 heavy (non-hydrogen) atoms. The molecule has 0 fully saturated rings. The molecule has 0 aliphatic heterocycles. The van der Waals surface area contributed by atoms with Crippen molar-refractivity contribution in [3.8, 4) is 0 Å². The lowest BCUT2D eigenvalue weighted by molar-refractivity contribution is 0.0980. The largest absolute Gasteiger partial charge is 0.294 e. The second-order valence-electron chi connectivity index (χ2n) is 4.77. The molecule has 1 nitrogen and oxygen atoms in total. The molecule has 0 saturated heterocycles. The third-order valence-electron chi connectivity index (χ3n) is 3.16. The topological polar surface area (TPSA) is 17.1 Å². The van der Waals surface area contributed by atoms with Gasteiger partial charge in [-0.15, -0.1) is 0 Å². The van der Waals surface area contributed by atoms with Crippen molar-refractivity contribution in [3.63, 3.8) is 0 Å². The molecule has 0 spiro atoms. The van der Waals surface area contributed by atoms with Crippen molar-refractivity contribution in [3.05, 3.63) is 71.0 Å². The summed E-state index contributed by atoms with van der Waals surface area (Å²) < 4.78 is 12.7. The van der Waals surface area contributed by atoms with Gasteiger partial charge in [0.1, 0.15) is 5.82 Å². The SMILES string of the molecule is Cc1ccc(C(=O)CCCc2ccc(F)cc2)cc1.